The Balaban J connectivity index is 2.18. The van der Waals surface area contributed by atoms with Gasteiger partial charge < -0.3 is 15.2 Å². The number of carboxylic acids is 1. The molecule has 1 aliphatic carbocycles. The molecule has 1 aromatic carbocycles. The average Bonchev–Trinajstić information content (AvgIpc) is 3.19. The van der Waals surface area contributed by atoms with E-state index >= 15 is 0 Å². The monoisotopic (exact) mass is 263 g/mol. The molecule has 1 aliphatic rings. The third-order valence-electron chi connectivity index (χ3n) is 3.70. The van der Waals surface area contributed by atoms with E-state index in [1.54, 1.807) is 6.07 Å². The first-order valence-electron chi connectivity index (χ1n) is 6.25. The summed E-state index contributed by atoms with van der Waals surface area (Å²) in [6, 6.07) is 4.55. The van der Waals surface area contributed by atoms with E-state index in [0.717, 1.165) is 19.3 Å². The van der Waals surface area contributed by atoms with Gasteiger partial charge in [-0.15, -0.1) is 0 Å². The average molecular weight is 263 g/mol. The molecule has 0 atom stereocenters. The molecule has 0 aliphatic heterocycles. The molecule has 19 heavy (non-hydrogen) atoms. The van der Waals surface area contributed by atoms with E-state index in [2.05, 4.69) is 5.32 Å². The molecule has 0 unspecified atom stereocenters. The second kappa shape index (κ2) is 4.91. The molecular weight excluding hydrogens is 246 g/mol. The number of carboxylic acid groups (broad SMARTS) is 1. The Morgan fingerprint density at radius 3 is 2.58 bits per heavy atom. The maximum absolute atomic E-state index is 12.1. The molecule has 0 aromatic heterocycles. The van der Waals surface area contributed by atoms with Gasteiger partial charge in [0.05, 0.1) is 7.11 Å². The lowest BCUT2D eigenvalue weighted by Crippen LogP contribution is -2.23. The van der Waals surface area contributed by atoms with Gasteiger partial charge in [-0.05, 0) is 31.4 Å². The van der Waals surface area contributed by atoms with Crippen molar-refractivity contribution in [3.05, 3.63) is 23.8 Å². The Hall–Kier alpha value is -2.04. The lowest BCUT2D eigenvalue weighted by Gasteiger charge is -2.14. The number of hydrogen-bond donors (Lipinski definition) is 2. The number of anilines is 1. The molecule has 0 heterocycles. The van der Waals surface area contributed by atoms with E-state index in [1.165, 1.54) is 19.2 Å². The first-order valence-corrected chi connectivity index (χ1v) is 6.25. The van der Waals surface area contributed by atoms with Crippen molar-refractivity contribution in [3.63, 3.8) is 0 Å². The molecule has 2 N–H and O–H groups in total. The van der Waals surface area contributed by atoms with Gasteiger partial charge in [0.25, 0.3) is 0 Å². The molecule has 102 valence electrons. The number of methoxy groups -OCH3 is 1. The van der Waals surface area contributed by atoms with Crippen LogP contribution in [0, 0.1) is 5.41 Å². The predicted octanol–water partition coefficient (Wildman–Crippen LogP) is 2.52. The van der Waals surface area contributed by atoms with Crippen molar-refractivity contribution in [1.29, 1.82) is 0 Å². The third-order valence-corrected chi connectivity index (χ3v) is 3.70. The topological polar surface area (TPSA) is 75.6 Å². The van der Waals surface area contributed by atoms with Crippen LogP contribution in [-0.4, -0.2) is 24.1 Å². The maximum atomic E-state index is 12.1. The minimum absolute atomic E-state index is 0.000119. The molecule has 1 fully saturated rings. The highest BCUT2D eigenvalue weighted by Gasteiger charge is 2.47. The normalized spacial score (nSPS) is 15.7. The molecule has 5 heteroatoms. The molecule has 1 saturated carbocycles. The van der Waals surface area contributed by atoms with Gasteiger partial charge >= 0.3 is 5.97 Å². The van der Waals surface area contributed by atoms with Crippen LogP contribution in [0.4, 0.5) is 5.69 Å². The summed E-state index contributed by atoms with van der Waals surface area (Å²) in [7, 11) is 1.40. The summed E-state index contributed by atoms with van der Waals surface area (Å²) in [5.41, 5.74) is 0.419. The van der Waals surface area contributed by atoms with Gasteiger partial charge in [0.2, 0.25) is 5.91 Å². The number of hydrogen-bond acceptors (Lipinski definition) is 3. The van der Waals surface area contributed by atoms with Crippen molar-refractivity contribution in [1.82, 2.24) is 0 Å². The number of benzene rings is 1. The quantitative estimate of drug-likeness (QED) is 0.855. The van der Waals surface area contributed by atoms with Crippen LogP contribution >= 0.6 is 0 Å². The molecule has 0 spiro atoms. The predicted molar refractivity (Wildman–Crippen MR) is 70.5 cm³/mol. The highest BCUT2D eigenvalue weighted by Crippen LogP contribution is 2.49. The summed E-state index contributed by atoms with van der Waals surface area (Å²) in [6.07, 6.45) is 2.66. The number of ether oxygens (including phenoxy) is 1. The highest BCUT2D eigenvalue weighted by atomic mass is 16.5. The van der Waals surface area contributed by atoms with Gasteiger partial charge in [0, 0.05) is 17.2 Å². The van der Waals surface area contributed by atoms with Crippen molar-refractivity contribution >= 4 is 17.6 Å². The fourth-order valence-corrected chi connectivity index (χ4v) is 2.10. The van der Waals surface area contributed by atoms with Crippen LogP contribution in [0.25, 0.3) is 0 Å². The number of nitrogens with one attached hydrogen (secondary N) is 1. The van der Waals surface area contributed by atoms with Crippen molar-refractivity contribution in [2.75, 3.05) is 12.4 Å². The summed E-state index contributed by atoms with van der Waals surface area (Å²) >= 11 is 0. The molecule has 0 saturated heterocycles. The summed E-state index contributed by atoms with van der Waals surface area (Å²) in [5, 5.41) is 11.8. The van der Waals surface area contributed by atoms with Gasteiger partial charge in [-0.3, -0.25) is 4.79 Å². The van der Waals surface area contributed by atoms with E-state index in [-0.39, 0.29) is 22.6 Å². The van der Waals surface area contributed by atoms with Crippen LogP contribution in [0.15, 0.2) is 18.2 Å². The Morgan fingerprint density at radius 1 is 1.42 bits per heavy atom. The van der Waals surface area contributed by atoms with Crippen LogP contribution in [0.1, 0.15) is 36.5 Å². The zero-order chi connectivity index (χ0) is 14.0. The molecule has 0 bridgehead atoms. The fourth-order valence-electron chi connectivity index (χ4n) is 2.10. The number of amides is 1. The minimum atomic E-state index is -1.05. The zero-order valence-electron chi connectivity index (χ0n) is 11.0. The smallest absolute Gasteiger partial charge is 0.339 e. The molecule has 1 aromatic rings. The summed E-state index contributed by atoms with van der Waals surface area (Å²) in [4.78, 5) is 23.0. The lowest BCUT2D eigenvalue weighted by atomic mass is 10.0. The van der Waals surface area contributed by atoms with Crippen LogP contribution in [0.3, 0.4) is 0 Å². The molecule has 5 nitrogen and oxygen atoms in total. The highest BCUT2D eigenvalue weighted by molar-refractivity contribution is 5.98. The molecule has 2 rings (SSSR count). The van der Waals surface area contributed by atoms with Gasteiger partial charge in [-0.1, -0.05) is 6.92 Å². The molecule has 0 radical (unpaired) electrons. The van der Waals surface area contributed by atoms with Gasteiger partial charge in [0.1, 0.15) is 11.3 Å². The van der Waals surface area contributed by atoms with E-state index in [0.29, 0.717) is 5.69 Å². The summed E-state index contributed by atoms with van der Waals surface area (Å²) < 4.78 is 5.02. The SMILES string of the molecule is CCC1(C(=O)Nc2ccc(C(=O)O)c(OC)c2)CC1. The van der Waals surface area contributed by atoms with Crippen LogP contribution in [0.2, 0.25) is 0 Å². The Kier molecular flexibility index (Phi) is 3.46. The largest absolute Gasteiger partial charge is 0.496 e. The number of carbonyl (C=O) groups excluding carboxylic acids is 1. The summed E-state index contributed by atoms with van der Waals surface area (Å²) in [5.74, 6) is -0.811. The first-order chi connectivity index (χ1) is 9.02. The Morgan fingerprint density at radius 2 is 2.11 bits per heavy atom. The van der Waals surface area contributed by atoms with Crippen molar-refractivity contribution in [2.45, 2.75) is 26.2 Å². The van der Waals surface area contributed by atoms with Crippen molar-refractivity contribution in [3.8, 4) is 5.75 Å². The fraction of sp³-hybridized carbons (Fsp3) is 0.429. The number of carbonyl (C=O) groups is 2. The van der Waals surface area contributed by atoms with Crippen LogP contribution < -0.4 is 10.1 Å². The number of rotatable bonds is 5. The lowest BCUT2D eigenvalue weighted by molar-refractivity contribution is -0.121. The van der Waals surface area contributed by atoms with E-state index < -0.39 is 5.97 Å². The zero-order valence-corrected chi connectivity index (χ0v) is 11.0. The standard InChI is InChI=1S/C14H17NO4/c1-3-14(6-7-14)13(18)15-9-4-5-10(12(16)17)11(8-9)19-2/h4-5,8H,3,6-7H2,1-2H3,(H,15,18)(H,16,17). The third kappa shape index (κ3) is 2.54. The van der Waals surface area contributed by atoms with E-state index in [1.807, 2.05) is 6.92 Å². The minimum Gasteiger partial charge on any atom is -0.496 e. The second-order valence-corrected chi connectivity index (χ2v) is 4.81. The first kappa shape index (κ1) is 13.4. The van der Waals surface area contributed by atoms with Gasteiger partial charge in [-0.2, -0.15) is 0 Å². The number of aromatic carboxylic acids is 1. The summed E-state index contributed by atoms with van der Waals surface area (Å²) in [6.45, 7) is 2.00. The van der Waals surface area contributed by atoms with Crippen LogP contribution in [0.5, 0.6) is 5.75 Å². The van der Waals surface area contributed by atoms with E-state index in [9.17, 15) is 9.59 Å². The van der Waals surface area contributed by atoms with Crippen molar-refractivity contribution < 1.29 is 19.4 Å². The van der Waals surface area contributed by atoms with Gasteiger partial charge in [-0.25, -0.2) is 4.79 Å². The van der Waals surface area contributed by atoms with Crippen LogP contribution in [-0.2, 0) is 4.79 Å². The van der Waals surface area contributed by atoms with E-state index in [4.69, 9.17) is 9.84 Å². The Labute approximate surface area is 111 Å². The van der Waals surface area contributed by atoms with Gasteiger partial charge in [0.15, 0.2) is 0 Å². The molecule has 1 amide bonds. The second-order valence-electron chi connectivity index (χ2n) is 4.81. The molecular formula is C14H17NO4. The van der Waals surface area contributed by atoms with Crippen molar-refractivity contribution in [2.24, 2.45) is 5.41 Å². The Bertz CT molecular complexity index is 520. The maximum Gasteiger partial charge on any atom is 0.339 e.